The monoisotopic (exact) mass is 307 g/mol. The highest BCUT2D eigenvalue weighted by atomic mass is 32.2. The molecule has 0 bridgehead atoms. The molecule has 0 saturated heterocycles. The molecule has 0 aliphatic carbocycles. The van der Waals surface area contributed by atoms with E-state index < -0.39 is 10.0 Å². The maximum atomic E-state index is 12.3. The molecule has 0 amide bonds. The lowest BCUT2D eigenvalue weighted by molar-refractivity contribution is 0.390. The standard InChI is InChI=1S/C13H13N3O4S/c1-8-13(9(2)20-16-8)21(17,18)15-6-10-3-4-11-12(5-10)19-7-14-11/h3-5,7,15H,6H2,1-2H3. The highest BCUT2D eigenvalue weighted by molar-refractivity contribution is 7.89. The summed E-state index contributed by atoms with van der Waals surface area (Å²) < 4.78 is 37.2. The van der Waals surface area contributed by atoms with Crippen LogP contribution < -0.4 is 4.72 Å². The normalized spacial score (nSPS) is 12.1. The third-order valence-corrected chi connectivity index (χ3v) is 4.74. The van der Waals surface area contributed by atoms with E-state index in [1.165, 1.54) is 6.39 Å². The maximum absolute atomic E-state index is 12.3. The molecule has 0 atom stereocenters. The van der Waals surface area contributed by atoms with E-state index in [2.05, 4.69) is 14.9 Å². The number of nitrogens with zero attached hydrogens (tertiary/aromatic N) is 2. The van der Waals surface area contributed by atoms with Crippen LogP contribution in [-0.4, -0.2) is 18.6 Å². The molecule has 0 fully saturated rings. The topological polar surface area (TPSA) is 98.2 Å². The molecule has 0 radical (unpaired) electrons. The van der Waals surface area contributed by atoms with Crippen LogP contribution in [-0.2, 0) is 16.6 Å². The van der Waals surface area contributed by atoms with Gasteiger partial charge in [0, 0.05) is 6.54 Å². The fraction of sp³-hybridized carbons (Fsp3) is 0.231. The van der Waals surface area contributed by atoms with Crippen LogP contribution in [0.1, 0.15) is 17.0 Å². The maximum Gasteiger partial charge on any atom is 0.246 e. The minimum absolute atomic E-state index is 0.0863. The fourth-order valence-corrected chi connectivity index (χ4v) is 3.46. The van der Waals surface area contributed by atoms with Crippen LogP contribution in [0.3, 0.4) is 0 Å². The van der Waals surface area contributed by atoms with Gasteiger partial charge in [-0.25, -0.2) is 18.1 Å². The predicted molar refractivity (Wildman–Crippen MR) is 74.0 cm³/mol. The van der Waals surface area contributed by atoms with Crippen molar-refractivity contribution in [3.05, 3.63) is 41.6 Å². The summed E-state index contributed by atoms with van der Waals surface area (Å²) in [5.41, 5.74) is 2.46. The van der Waals surface area contributed by atoms with E-state index in [0.29, 0.717) is 11.3 Å². The first-order valence-corrected chi connectivity index (χ1v) is 7.70. The molecule has 110 valence electrons. The Hall–Kier alpha value is -2.19. The smallest absolute Gasteiger partial charge is 0.246 e. The first-order valence-electron chi connectivity index (χ1n) is 6.22. The Bertz CT molecular complexity index is 876. The van der Waals surface area contributed by atoms with E-state index in [-0.39, 0.29) is 17.2 Å². The molecular weight excluding hydrogens is 294 g/mol. The first kappa shape index (κ1) is 13.8. The Morgan fingerprint density at radius 3 is 2.81 bits per heavy atom. The predicted octanol–water partition coefficient (Wildman–Crippen LogP) is 1.91. The van der Waals surface area contributed by atoms with E-state index in [4.69, 9.17) is 8.94 Å². The van der Waals surface area contributed by atoms with Crippen LogP contribution in [0.25, 0.3) is 11.1 Å². The van der Waals surface area contributed by atoms with Crippen molar-refractivity contribution in [2.24, 2.45) is 0 Å². The summed E-state index contributed by atoms with van der Waals surface area (Å²) in [6, 6.07) is 5.32. The lowest BCUT2D eigenvalue weighted by Crippen LogP contribution is -2.24. The second-order valence-electron chi connectivity index (χ2n) is 4.63. The third-order valence-electron chi connectivity index (χ3n) is 3.10. The van der Waals surface area contributed by atoms with Crippen molar-refractivity contribution in [2.45, 2.75) is 25.3 Å². The molecule has 0 spiro atoms. The minimum Gasteiger partial charge on any atom is -0.443 e. The van der Waals surface area contributed by atoms with Crippen molar-refractivity contribution in [1.82, 2.24) is 14.9 Å². The van der Waals surface area contributed by atoms with Gasteiger partial charge < -0.3 is 8.94 Å². The van der Waals surface area contributed by atoms with Gasteiger partial charge in [-0.2, -0.15) is 0 Å². The number of fused-ring (bicyclic) bond motifs is 1. The number of nitrogens with one attached hydrogen (secondary N) is 1. The zero-order valence-corrected chi connectivity index (χ0v) is 12.3. The van der Waals surface area contributed by atoms with E-state index in [9.17, 15) is 8.42 Å². The molecule has 8 heteroatoms. The number of benzene rings is 1. The number of rotatable bonds is 4. The molecule has 7 nitrogen and oxygen atoms in total. The van der Waals surface area contributed by atoms with Crippen molar-refractivity contribution >= 4 is 21.1 Å². The Kier molecular flexibility index (Phi) is 3.26. The average Bonchev–Trinajstić information content (AvgIpc) is 3.02. The molecule has 21 heavy (non-hydrogen) atoms. The van der Waals surface area contributed by atoms with Crippen LogP contribution in [0, 0.1) is 13.8 Å². The number of aromatic nitrogens is 2. The van der Waals surface area contributed by atoms with Crippen LogP contribution in [0.4, 0.5) is 0 Å². The zero-order valence-electron chi connectivity index (χ0n) is 11.5. The number of hydrogen-bond acceptors (Lipinski definition) is 6. The highest BCUT2D eigenvalue weighted by Gasteiger charge is 2.23. The summed E-state index contributed by atoms with van der Waals surface area (Å²) in [6.45, 7) is 3.30. The van der Waals surface area contributed by atoms with Gasteiger partial charge in [0.2, 0.25) is 10.0 Å². The van der Waals surface area contributed by atoms with Crippen LogP contribution in [0.2, 0.25) is 0 Å². The lowest BCUT2D eigenvalue weighted by atomic mass is 10.2. The van der Waals surface area contributed by atoms with Crippen molar-refractivity contribution in [2.75, 3.05) is 0 Å². The number of sulfonamides is 1. The van der Waals surface area contributed by atoms with Crippen LogP contribution in [0.5, 0.6) is 0 Å². The summed E-state index contributed by atoms with van der Waals surface area (Å²) in [6.07, 6.45) is 1.35. The molecule has 3 rings (SSSR count). The quantitative estimate of drug-likeness (QED) is 0.790. The Morgan fingerprint density at radius 1 is 1.29 bits per heavy atom. The molecule has 0 aliphatic heterocycles. The third kappa shape index (κ3) is 2.55. The molecule has 2 heterocycles. The Morgan fingerprint density at radius 2 is 2.10 bits per heavy atom. The summed E-state index contributed by atoms with van der Waals surface area (Å²) >= 11 is 0. The van der Waals surface area contributed by atoms with Crippen molar-refractivity contribution in [3.63, 3.8) is 0 Å². The molecule has 0 unspecified atom stereocenters. The van der Waals surface area contributed by atoms with Gasteiger partial charge in [-0.15, -0.1) is 0 Å². The fourth-order valence-electron chi connectivity index (χ4n) is 2.12. The van der Waals surface area contributed by atoms with Crippen molar-refractivity contribution < 1.29 is 17.4 Å². The van der Waals surface area contributed by atoms with E-state index in [0.717, 1.165) is 11.1 Å². The minimum atomic E-state index is -3.67. The summed E-state index contributed by atoms with van der Waals surface area (Å²) in [5.74, 6) is 0.269. The van der Waals surface area contributed by atoms with Gasteiger partial charge in [-0.05, 0) is 31.5 Å². The van der Waals surface area contributed by atoms with Crippen LogP contribution in [0.15, 0.2) is 38.4 Å². The molecule has 2 aromatic heterocycles. The van der Waals surface area contributed by atoms with E-state index >= 15 is 0 Å². The van der Waals surface area contributed by atoms with Gasteiger partial charge in [-0.1, -0.05) is 11.2 Å². The van der Waals surface area contributed by atoms with Gasteiger partial charge in [0.25, 0.3) is 0 Å². The van der Waals surface area contributed by atoms with Gasteiger partial charge >= 0.3 is 0 Å². The van der Waals surface area contributed by atoms with Gasteiger partial charge in [0.05, 0.1) is 0 Å². The SMILES string of the molecule is Cc1noc(C)c1S(=O)(=O)NCc1ccc2ncoc2c1. The molecule has 1 aromatic carbocycles. The summed E-state index contributed by atoms with van der Waals surface area (Å²) in [7, 11) is -3.67. The number of oxazole rings is 1. The van der Waals surface area contributed by atoms with Gasteiger partial charge in [0.1, 0.15) is 16.1 Å². The summed E-state index contributed by atoms with van der Waals surface area (Å²) in [5, 5.41) is 3.65. The molecule has 0 aliphatic rings. The van der Waals surface area contributed by atoms with E-state index in [1.54, 1.807) is 32.0 Å². The largest absolute Gasteiger partial charge is 0.443 e. The Balaban J connectivity index is 1.83. The average molecular weight is 307 g/mol. The van der Waals surface area contributed by atoms with Gasteiger partial charge in [0.15, 0.2) is 17.7 Å². The van der Waals surface area contributed by atoms with Crippen molar-refractivity contribution in [3.8, 4) is 0 Å². The molecular formula is C13H13N3O4S. The number of hydrogen-bond donors (Lipinski definition) is 1. The summed E-state index contributed by atoms with van der Waals surface area (Å²) in [4.78, 5) is 4.09. The van der Waals surface area contributed by atoms with E-state index in [1.807, 2.05) is 0 Å². The second kappa shape index (κ2) is 4.97. The van der Waals surface area contributed by atoms with Crippen LogP contribution >= 0.6 is 0 Å². The molecule has 1 N–H and O–H groups in total. The molecule has 0 saturated carbocycles. The second-order valence-corrected chi connectivity index (χ2v) is 6.34. The van der Waals surface area contributed by atoms with Crippen molar-refractivity contribution in [1.29, 1.82) is 0 Å². The zero-order chi connectivity index (χ0) is 15.0. The van der Waals surface area contributed by atoms with Gasteiger partial charge in [-0.3, -0.25) is 0 Å². The molecule has 3 aromatic rings. The lowest BCUT2D eigenvalue weighted by Gasteiger charge is -2.06. The first-order chi connectivity index (χ1) is 9.97. The Labute approximate surface area is 121 Å². The number of aryl methyl sites for hydroxylation is 2. The highest BCUT2D eigenvalue weighted by Crippen LogP contribution is 2.19.